The summed E-state index contributed by atoms with van der Waals surface area (Å²) in [7, 11) is 0. The number of carbonyl (C=O) groups excluding carboxylic acids is 1. The van der Waals surface area contributed by atoms with E-state index in [-0.39, 0.29) is 5.91 Å². The quantitative estimate of drug-likeness (QED) is 0.290. The van der Waals surface area contributed by atoms with Crippen LogP contribution in [0.2, 0.25) is 0 Å². The SMILES string of the molecule is Cc1nn(Cc2ccc(C#N)cc2)c(C)c1NC(=O)c1cc(-c2ccc3[nH]ccc3c2)nc2ccccc12. The van der Waals surface area contributed by atoms with E-state index in [2.05, 4.69) is 27.5 Å². The van der Waals surface area contributed by atoms with Crippen molar-refractivity contribution in [2.45, 2.75) is 20.4 Å². The molecular formula is C31H24N6O. The molecule has 7 nitrogen and oxygen atoms in total. The second kappa shape index (κ2) is 9.34. The second-order valence-electron chi connectivity index (χ2n) is 9.32. The smallest absolute Gasteiger partial charge is 0.256 e. The lowest BCUT2D eigenvalue weighted by atomic mass is 10.0. The summed E-state index contributed by atoms with van der Waals surface area (Å²) in [6, 6.07) is 27.3. The van der Waals surface area contributed by atoms with Crippen LogP contribution in [0.15, 0.2) is 85.1 Å². The van der Waals surface area contributed by atoms with Gasteiger partial charge in [0.05, 0.1) is 52.0 Å². The van der Waals surface area contributed by atoms with Crippen molar-refractivity contribution in [1.82, 2.24) is 19.7 Å². The maximum atomic E-state index is 13.7. The number of nitrogens with one attached hydrogen (secondary N) is 2. The largest absolute Gasteiger partial charge is 0.361 e. The molecule has 2 N–H and O–H groups in total. The molecule has 0 unspecified atom stereocenters. The van der Waals surface area contributed by atoms with Gasteiger partial charge in [-0.1, -0.05) is 36.4 Å². The number of anilines is 1. The van der Waals surface area contributed by atoms with Crippen LogP contribution in [-0.2, 0) is 6.54 Å². The minimum absolute atomic E-state index is 0.211. The topological polar surface area (TPSA) is 99.4 Å². The number of aromatic nitrogens is 4. The highest BCUT2D eigenvalue weighted by Gasteiger charge is 2.19. The van der Waals surface area contributed by atoms with E-state index in [0.717, 1.165) is 50.0 Å². The molecule has 6 rings (SSSR count). The lowest BCUT2D eigenvalue weighted by Gasteiger charge is -2.11. The minimum atomic E-state index is -0.211. The first-order valence-corrected chi connectivity index (χ1v) is 12.3. The second-order valence-corrected chi connectivity index (χ2v) is 9.32. The summed E-state index contributed by atoms with van der Waals surface area (Å²) in [5.74, 6) is -0.211. The molecular weight excluding hydrogens is 472 g/mol. The Hall–Kier alpha value is -5.22. The Morgan fingerprint density at radius 1 is 1.03 bits per heavy atom. The number of pyridine rings is 1. The normalized spacial score (nSPS) is 11.1. The molecule has 0 aliphatic carbocycles. The summed E-state index contributed by atoms with van der Waals surface area (Å²) in [6.07, 6.45) is 1.91. The zero-order chi connectivity index (χ0) is 26.2. The van der Waals surface area contributed by atoms with Crippen LogP contribution in [-0.4, -0.2) is 25.7 Å². The van der Waals surface area contributed by atoms with Crippen LogP contribution in [0.4, 0.5) is 5.69 Å². The van der Waals surface area contributed by atoms with E-state index < -0.39 is 0 Å². The number of aryl methyl sites for hydroxylation is 1. The molecule has 0 saturated heterocycles. The van der Waals surface area contributed by atoms with Crippen molar-refractivity contribution in [3.05, 3.63) is 113 Å². The van der Waals surface area contributed by atoms with Gasteiger partial charge in [-0.25, -0.2) is 4.98 Å². The van der Waals surface area contributed by atoms with Gasteiger partial charge in [-0.2, -0.15) is 10.4 Å². The van der Waals surface area contributed by atoms with Crippen LogP contribution in [0.25, 0.3) is 33.1 Å². The van der Waals surface area contributed by atoms with E-state index >= 15 is 0 Å². The molecule has 0 saturated carbocycles. The number of H-pyrrole nitrogens is 1. The molecule has 7 heteroatoms. The average molecular weight is 497 g/mol. The Morgan fingerprint density at radius 3 is 2.66 bits per heavy atom. The molecule has 6 aromatic rings. The number of nitriles is 1. The Morgan fingerprint density at radius 2 is 1.84 bits per heavy atom. The molecule has 0 aliphatic heterocycles. The summed E-state index contributed by atoms with van der Waals surface area (Å²) in [6.45, 7) is 4.37. The van der Waals surface area contributed by atoms with Gasteiger partial charge in [-0.15, -0.1) is 0 Å². The van der Waals surface area contributed by atoms with Gasteiger partial charge < -0.3 is 10.3 Å². The van der Waals surface area contributed by atoms with E-state index in [1.165, 1.54) is 0 Å². The fourth-order valence-electron chi connectivity index (χ4n) is 4.79. The Kier molecular flexibility index (Phi) is 5.70. The van der Waals surface area contributed by atoms with Crippen LogP contribution < -0.4 is 5.32 Å². The Bertz CT molecular complexity index is 1870. The predicted octanol–water partition coefficient (Wildman–Crippen LogP) is 6.37. The first kappa shape index (κ1) is 23.2. The van der Waals surface area contributed by atoms with Gasteiger partial charge in [0.1, 0.15) is 0 Å². The van der Waals surface area contributed by atoms with E-state index in [9.17, 15) is 4.79 Å². The maximum Gasteiger partial charge on any atom is 0.256 e. The third-order valence-electron chi connectivity index (χ3n) is 6.85. The Labute approximate surface area is 219 Å². The van der Waals surface area contributed by atoms with Gasteiger partial charge in [-0.3, -0.25) is 9.48 Å². The van der Waals surface area contributed by atoms with E-state index in [0.29, 0.717) is 23.4 Å². The van der Waals surface area contributed by atoms with Gasteiger partial charge in [0, 0.05) is 28.0 Å². The van der Waals surface area contributed by atoms with Crippen molar-refractivity contribution in [3.8, 4) is 17.3 Å². The van der Waals surface area contributed by atoms with Crippen molar-refractivity contribution < 1.29 is 4.79 Å². The fourth-order valence-corrected chi connectivity index (χ4v) is 4.79. The van der Waals surface area contributed by atoms with Crippen LogP contribution in [0, 0.1) is 25.2 Å². The van der Waals surface area contributed by atoms with E-state index in [1.54, 1.807) is 12.1 Å². The number of benzene rings is 3. The van der Waals surface area contributed by atoms with E-state index in [4.69, 9.17) is 10.2 Å². The average Bonchev–Trinajstić information content (AvgIpc) is 3.52. The van der Waals surface area contributed by atoms with Gasteiger partial charge in [0.2, 0.25) is 0 Å². The van der Waals surface area contributed by atoms with Gasteiger partial charge >= 0.3 is 0 Å². The first-order valence-electron chi connectivity index (χ1n) is 12.3. The van der Waals surface area contributed by atoms with Crippen molar-refractivity contribution in [3.63, 3.8) is 0 Å². The number of hydrogen-bond acceptors (Lipinski definition) is 4. The molecule has 0 bridgehead atoms. The first-order chi connectivity index (χ1) is 18.5. The molecule has 0 spiro atoms. The number of fused-ring (bicyclic) bond motifs is 2. The van der Waals surface area contributed by atoms with Crippen LogP contribution in [0.1, 0.15) is 32.9 Å². The molecule has 38 heavy (non-hydrogen) atoms. The highest BCUT2D eigenvalue weighted by atomic mass is 16.1. The zero-order valence-corrected chi connectivity index (χ0v) is 21.0. The maximum absolute atomic E-state index is 13.7. The molecule has 184 valence electrons. The lowest BCUT2D eigenvalue weighted by Crippen LogP contribution is -2.14. The van der Waals surface area contributed by atoms with Crippen LogP contribution in [0.3, 0.4) is 0 Å². The molecule has 3 aromatic carbocycles. The lowest BCUT2D eigenvalue weighted by molar-refractivity contribution is 0.102. The van der Waals surface area contributed by atoms with E-state index in [1.807, 2.05) is 85.4 Å². The summed E-state index contributed by atoms with van der Waals surface area (Å²) >= 11 is 0. The molecule has 0 aliphatic rings. The molecule has 3 aromatic heterocycles. The molecule has 0 atom stereocenters. The third-order valence-corrected chi connectivity index (χ3v) is 6.85. The number of aromatic amines is 1. The van der Waals surface area contributed by atoms with Crippen molar-refractivity contribution in [2.75, 3.05) is 5.32 Å². The number of hydrogen-bond donors (Lipinski definition) is 2. The molecule has 0 fully saturated rings. The monoisotopic (exact) mass is 496 g/mol. The number of amides is 1. The highest BCUT2D eigenvalue weighted by Crippen LogP contribution is 2.29. The van der Waals surface area contributed by atoms with Crippen LogP contribution >= 0.6 is 0 Å². The van der Waals surface area contributed by atoms with Gasteiger partial charge in [-0.05, 0) is 61.9 Å². The van der Waals surface area contributed by atoms with Crippen molar-refractivity contribution in [1.29, 1.82) is 5.26 Å². The Balaban J connectivity index is 1.35. The molecule has 3 heterocycles. The summed E-state index contributed by atoms with van der Waals surface area (Å²) < 4.78 is 1.87. The summed E-state index contributed by atoms with van der Waals surface area (Å²) in [5, 5.41) is 18.7. The summed E-state index contributed by atoms with van der Waals surface area (Å²) in [5.41, 5.74) is 7.98. The van der Waals surface area contributed by atoms with Crippen molar-refractivity contribution >= 4 is 33.4 Å². The fraction of sp³-hybridized carbons (Fsp3) is 0.0968. The molecule has 0 radical (unpaired) electrons. The highest BCUT2D eigenvalue weighted by molar-refractivity contribution is 6.13. The number of nitrogens with zero attached hydrogens (tertiary/aromatic N) is 4. The zero-order valence-electron chi connectivity index (χ0n) is 21.0. The van der Waals surface area contributed by atoms with Gasteiger partial charge in [0.15, 0.2) is 0 Å². The number of para-hydroxylation sites is 1. The van der Waals surface area contributed by atoms with Crippen LogP contribution in [0.5, 0.6) is 0 Å². The number of rotatable bonds is 5. The van der Waals surface area contributed by atoms with Gasteiger partial charge in [0.25, 0.3) is 5.91 Å². The third kappa shape index (κ3) is 4.18. The van der Waals surface area contributed by atoms with Crippen molar-refractivity contribution in [2.24, 2.45) is 0 Å². The minimum Gasteiger partial charge on any atom is -0.361 e. The standard InChI is InChI=1S/C31H24N6O/c1-19-30(20(2)37(36-19)18-22-9-7-21(17-32)8-10-22)35-31(38)26-16-29(34-28-6-4-3-5-25(26)28)23-11-12-27-24(15-23)13-14-33-27/h3-16,33H,18H2,1-2H3,(H,35,38). The predicted molar refractivity (Wildman–Crippen MR) is 149 cm³/mol. The number of carbonyl (C=O) groups is 1. The summed E-state index contributed by atoms with van der Waals surface area (Å²) in [4.78, 5) is 21.8. The molecule has 1 amide bonds.